The molecule has 0 atom stereocenters. The van der Waals surface area contributed by atoms with Gasteiger partial charge in [-0.25, -0.2) is 4.98 Å². The largest absolute Gasteiger partial charge is 0.496 e. The van der Waals surface area contributed by atoms with Crippen molar-refractivity contribution in [3.8, 4) is 5.75 Å². The van der Waals surface area contributed by atoms with Crippen LogP contribution in [-0.4, -0.2) is 43.2 Å². The molecule has 0 aliphatic heterocycles. The van der Waals surface area contributed by atoms with Gasteiger partial charge >= 0.3 is 0 Å². The zero-order valence-electron chi connectivity index (χ0n) is 16.2. The Balaban J connectivity index is 1.95. The first-order valence-corrected chi connectivity index (χ1v) is 9.38. The number of fused-ring (bicyclic) bond motifs is 1. The predicted octanol–water partition coefficient (Wildman–Crippen LogP) is 4.49. The van der Waals surface area contributed by atoms with E-state index in [0.717, 1.165) is 22.0 Å². The molecule has 1 aromatic heterocycles. The van der Waals surface area contributed by atoms with Crippen molar-refractivity contribution >= 4 is 28.4 Å². The van der Waals surface area contributed by atoms with Gasteiger partial charge in [-0.1, -0.05) is 35.4 Å². The van der Waals surface area contributed by atoms with Crippen LogP contribution in [0.5, 0.6) is 5.75 Å². The second-order valence-corrected chi connectivity index (χ2v) is 6.91. The number of carbonyl (C=O) groups excluding carboxylic acids is 1. The van der Waals surface area contributed by atoms with Crippen molar-refractivity contribution in [3.63, 3.8) is 0 Å². The number of rotatable bonds is 7. The topological polar surface area (TPSA) is 51.7 Å². The van der Waals surface area contributed by atoms with Gasteiger partial charge in [0.25, 0.3) is 5.91 Å². The van der Waals surface area contributed by atoms with Gasteiger partial charge in [-0.15, -0.1) is 0 Å². The summed E-state index contributed by atoms with van der Waals surface area (Å²) in [6, 6.07) is 15.2. The molecule has 1 amide bonds. The summed E-state index contributed by atoms with van der Waals surface area (Å²) in [5.74, 6) is 0.392. The van der Waals surface area contributed by atoms with Crippen molar-refractivity contribution in [1.29, 1.82) is 0 Å². The van der Waals surface area contributed by atoms with E-state index in [9.17, 15) is 4.79 Å². The number of hydrogen-bond acceptors (Lipinski definition) is 4. The molecule has 0 spiro atoms. The maximum atomic E-state index is 13.2. The normalized spacial score (nSPS) is 10.9. The average Bonchev–Trinajstić information content (AvgIpc) is 2.71. The molecule has 0 aliphatic carbocycles. The Morgan fingerprint density at radius 3 is 2.68 bits per heavy atom. The number of hydrogen-bond donors (Lipinski definition) is 0. The molecule has 2 aromatic carbocycles. The summed E-state index contributed by atoms with van der Waals surface area (Å²) in [4.78, 5) is 19.4. The van der Waals surface area contributed by atoms with E-state index in [1.165, 1.54) is 0 Å². The third-order valence-corrected chi connectivity index (χ3v) is 4.87. The molecule has 0 fully saturated rings. The van der Waals surface area contributed by atoms with Crippen LogP contribution in [0, 0.1) is 6.92 Å². The highest BCUT2D eigenvalue weighted by Crippen LogP contribution is 2.25. The summed E-state index contributed by atoms with van der Waals surface area (Å²) in [6.45, 7) is 3.20. The van der Waals surface area contributed by atoms with E-state index in [0.29, 0.717) is 36.2 Å². The van der Waals surface area contributed by atoms with Crippen LogP contribution in [0.15, 0.2) is 48.5 Å². The fourth-order valence-corrected chi connectivity index (χ4v) is 3.28. The summed E-state index contributed by atoms with van der Waals surface area (Å²) in [5, 5.41) is 1.39. The highest BCUT2D eigenvalue weighted by molar-refractivity contribution is 6.30. The van der Waals surface area contributed by atoms with E-state index in [4.69, 9.17) is 21.1 Å². The standard InChI is InChI=1S/C22H23ClN2O3/c1-15-8-9-19-16(12-15)13-17(21(23)24-19)14-25(10-11-27-2)22(26)18-6-4-5-7-20(18)28-3/h4-9,12-13H,10-11,14H2,1-3H3. The Hall–Kier alpha value is -2.63. The third kappa shape index (κ3) is 4.43. The van der Waals surface area contributed by atoms with Crippen molar-refractivity contribution in [1.82, 2.24) is 9.88 Å². The maximum Gasteiger partial charge on any atom is 0.257 e. The monoisotopic (exact) mass is 398 g/mol. The van der Waals surface area contributed by atoms with Gasteiger partial charge in [0.2, 0.25) is 0 Å². The summed E-state index contributed by atoms with van der Waals surface area (Å²) in [5.41, 5.74) is 3.27. The van der Waals surface area contributed by atoms with Crippen molar-refractivity contribution in [2.45, 2.75) is 13.5 Å². The van der Waals surface area contributed by atoms with E-state index in [2.05, 4.69) is 11.1 Å². The number of nitrogens with zero attached hydrogens (tertiary/aromatic N) is 2. The van der Waals surface area contributed by atoms with Crippen molar-refractivity contribution < 1.29 is 14.3 Å². The second kappa shape index (κ2) is 9.04. The van der Waals surface area contributed by atoms with Gasteiger partial charge in [0.1, 0.15) is 10.9 Å². The van der Waals surface area contributed by atoms with Crippen LogP contribution in [0.2, 0.25) is 5.15 Å². The van der Waals surface area contributed by atoms with Crippen molar-refractivity contribution in [2.24, 2.45) is 0 Å². The quantitative estimate of drug-likeness (QED) is 0.550. The molecular formula is C22H23ClN2O3. The molecule has 0 radical (unpaired) electrons. The van der Waals surface area contributed by atoms with Crippen LogP contribution < -0.4 is 4.74 Å². The molecule has 0 saturated carbocycles. The van der Waals surface area contributed by atoms with E-state index >= 15 is 0 Å². The number of aromatic nitrogens is 1. The Kier molecular flexibility index (Phi) is 6.49. The molecule has 146 valence electrons. The minimum atomic E-state index is -0.144. The van der Waals surface area contributed by atoms with Gasteiger partial charge < -0.3 is 14.4 Å². The number of carbonyl (C=O) groups is 1. The minimum absolute atomic E-state index is 0.144. The minimum Gasteiger partial charge on any atom is -0.496 e. The Labute approximate surface area is 169 Å². The van der Waals surface area contributed by atoms with Gasteiger partial charge in [0.05, 0.1) is 24.8 Å². The number of halogens is 1. The lowest BCUT2D eigenvalue weighted by Gasteiger charge is -2.24. The smallest absolute Gasteiger partial charge is 0.257 e. The predicted molar refractivity (Wildman–Crippen MR) is 111 cm³/mol. The fourth-order valence-electron chi connectivity index (χ4n) is 3.08. The molecule has 3 aromatic rings. The molecule has 0 N–H and O–H groups in total. The van der Waals surface area contributed by atoms with Gasteiger partial charge in [-0.2, -0.15) is 0 Å². The molecule has 1 heterocycles. The third-order valence-electron chi connectivity index (χ3n) is 4.55. The lowest BCUT2D eigenvalue weighted by molar-refractivity contribution is 0.0677. The highest BCUT2D eigenvalue weighted by atomic mass is 35.5. The fraction of sp³-hybridized carbons (Fsp3) is 0.273. The number of methoxy groups -OCH3 is 2. The number of amides is 1. The average molecular weight is 399 g/mol. The van der Waals surface area contributed by atoms with Crippen LogP contribution in [0.25, 0.3) is 10.9 Å². The molecule has 28 heavy (non-hydrogen) atoms. The first-order chi connectivity index (χ1) is 13.5. The zero-order valence-corrected chi connectivity index (χ0v) is 17.0. The molecule has 0 bridgehead atoms. The number of ether oxygens (including phenoxy) is 2. The Bertz CT molecular complexity index is 991. The molecular weight excluding hydrogens is 376 g/mol. The number of para-hydroxylation sites is 1. The van der Waals surface area contributed by atoms with Crippen LogP contribution in [0.4, 0.5) is 0 Å². The van der Waals surface area contributed by atoms with Crippen LogP contribution in [0.1, 0.15) is 21.5 Å². The summed E-state index contributed by atoms with van der Waals surface area (Å²) >= 11 is 6.43. The molecule has 6 heteroatoms. The summed E-state index contributed by atoms with van der Waals surface area (Å²) in [7, 11) is 3.16. The van der Waals surface area contributed by atoms with Crippen molar-refractivity contribution in [2.75, 3.05) is 27.4 Å². The van der Waals surface area contributed by atoms with Crippen LogP contribution >= 0.6 is 11.6 Å². The molecule has 0 unspecified atom stereocenters. The van der Waals surface area contributed by atoms with E-state index in [1.54, 1.807) is 31.3 Å². The van der Waals surface area contributed by atoms with Crippen LogP contribution in [0.3, 0.4) is 0 Å². The Morgan fingerprint density at radius 1 is 1.14 bits per heavy atom. The summed E-state index contributed by atoms with van der Waals surface area (Å²) < 4.78 is 10.5. The van der Waals surface area contributed by atoms with Gasteiger partial charge in [0, 0.05) is 31.1 Å². The highest BCUT2D eigenvalue weighted by Gasteiger charge is 2.21. The number of benzene rings is 2. The lowest BCUT2D eigenvalue weighted by atomic mass is 10.1. The first-order valence-electron chi connectivity index (χ1n) is 9.00. The van der Waals surface area contributed by atoms with E-state index in [1.807, 2.05) is 37.3 Å². The van der Waals surface area contributed by atoms with E-state index in [-0.39, 0.29) is 5.91 Å². The molecule has 5 nitrogen and oxygen atoms in total. The lowest BCUT2D eigenvalue weighted by Crippen LogP contribution is -2.33. The molecule has 3 rings (SSSR count). The first kappa shape index (κ1) is 20.1. The summed E-state index contributed by atoms with van der Waals surface area (Å²) in [6.07, 6.45) is 0. The van der Waals surface area contributed by atoms with Gasteiger partial charge in [0.15, 0.2) is 0 Å². The van der Waals surface area contributed by atoms with Gasteiger partial charge in [-0.05, 0) is 37.3 Å². The number of pyridine rings is 1. The van der Waals surface area contributed by atoms with Crippen molar-refractivity contribution in [3.05, 3.63) is 70.4 Å². The van der Waals surface area contributed by atoms with E-state index < -0.39 is 0 Å². The Morgan fingerprint density at radius 2 is 1.93 bits per heavy atom. The van der Waals surface area contributed by atoms with Crippen LogP contribution in [-0.2, 0) is 11.3 Å². The molecule has 0 saturated heterocycles. The molecule has 0 aliphatic rings. The maximum absolute atomic E-state index is 13.2. The second-order valence-electron chi connectivity index (χ2n) is 6.55. The zero-order chi connectivity index (χ0) is 20.1. The van der Waals surface area contributed by atoms with Gasteiger partial charge in [-0.3, -0.25) is 4.79 Å². The SMILES string of the molecule is COCCN(Cc1cc2cc(C)ccc2nc1Cl)C(=O)c1ccccc1OC. The number of aryl methyl sites for hydroxylation is 1.